The fourth-order valence-electron chi connectivity index (χ4n) is 1.78. The highest BCUT2D eigenvalue weighted by Gasteiger charge is 2.07. The van der Waals surface area contributed by atoms with Gasteiger partial charge in [-0.1, -0.05) is 18.5 Å². The van der Waals surface area contributed by atoms with Crippen LogP contribution >= 0.6 is 11.6 Å². The van der Waals surface area contributed by atoms with E-state index in [9.17, 15) is 0 Å². The number of halogens is 1. The molecule has 1 heterocycles. The van der Waals surface area contributed by atoms with Crippen LogP contribution in [0.4, 0.5) is 0 Å². The zero-order valence-electron chi connectivity index (χ0n) is 11.9. The molecule has 106 valence electrons. The molecule has 2 aromatic rings. The first-order valence-corrected chi connectivity index (χ1v) is 6.95. The van der Waals surface area contributed by atoms with Crippen LogP contribution in [0.3, 0.4) is 0 Å². The number of hydrogen-bond donors (Lipinski definition) is 1. The maximum Gasteiger partial charge on any atom is 0.322 e. The maximum absolute atomic E-state index is 5.92. The molecular formula is C15H18ClN3O. The summed E-state index contributed by atoms with van der Waals surface area (Å²) in [5.41, 5.74) is 2.95. The molecule has 1 aromatic carbocycles. The number of aryl methyl sites for hydroxylation is 2. The Bertz CT molecular complexity index is 602. The van der Waals surface area contributed by atoms with E-state index < -0.39 is 0 Å². The molecule has 0 radical (unpaired) electrons. The quantitative estimate of drug-likeness (QED) is 0.913. The minimum atomic E-state index is 0.355. The molecule has 0 fully saturated rings. The molecular weight excluding hydrogens is 274 g/mol. The molecule has 2 rings (SSSR count). The van der Waals surface area contributed by atoms with Crippen LogP contribution in [-0.2, 0) is 6.54 Å². The normalized spacial score (nSPS) is 10.6. The molecule has 0 spiro atoms. The second-order valence-electron chi connectivity index (χ2n) is 4.56. The summed E-state index contributed by atoms with van der Waals surface area (Å²) in [4.78, 5) is 8.62. The van der Waals surface area contributed by atoms with Gasteiger partial charge in [-0.15, -0.1) is 0 Å². The maximum atomic E-state index is 5.92. The number of nitrogens with one attached hydrogen (secondary N) is 1. The minimum Gasteiger partial charge on any atom is -0.424 e. The summed E-state index contributed by atoms with van der Waals surface area (Å²) >= 11 is 5.92. The summed E-state index contributed by atoms with van der Waals surface area (Å²) in [6.07, 6.45) is 1.80. The van der Waals surface area contributed by atoms with Crippen molar-refractivity contribution in [3.63, 3.8) is 0 Å². The van der Waals surface area contributed by atoms with Crippen LogP contribution in [0.15, 0.2) is 24.4 Å². The third-order valence-electron chi connectivity index (χ3n) is 2.96. The SMILES string of the molecule is CCNCc1cnc(Oc2ccc(Cl)cc2C)nc1C. The first-order valence-electron chi connectivity index (χ1n) is 6.57. The molecule has 0 aliphatic heterocycles. The lowest BCUT2D eigenvalue weighted by Gasteiger charge is -2.10. The first-order chi connectivity index (χ1) is 9.60. The number of hydrogen-bond acceptors (Lipinski definition) is 4. The Labute approximate surface area is 124 Å². The predicted octanol–water partition coefficient (Wildman–Crippen LogP) is 3.65. The summed E-state index contributed by atoms with van der Waals surface area (Å²) < 4.78 is 5.70. The molecule has 5 heteroatoms. The van der Waals surface area contributed by atoms with Gasteiger partial charge in [-0.3, -0.25) is 0 Å². The summed E-state index contributed by atoms with van der Waals surface area (Å²) in [7, 11) is 0. The van der Waals surface area contributed by atoms with Crippen LogP contribution in [0.25, 0.3) is 0 Å². The molecule has 0 amide bonds. The summed E-state index contributed by atoms with van der Waals surface area (Å²) in [5, 5.41) is 3.94. The standard InChI is InChI=1S/C15H18ClN3O/c1-4-17-8-12-9-18-15(19-11(12)3)20-14-6-5-13(16)7-10(14)2/h5-7,9,17H,4,8H2,1-3H3. The van der Waals surface area contributed by atoms with E-state index in [0.29, 0.717) is 16.8 Å². The highest BCUT2D eigenvalue weighted by Crippen LogP contribution is 2.25. The summed E-state index contributed by atoms with van der Waals surface area (Å²) in [6.45, 7) is 7.64. The van der Waals surface area contributed by atoms with Crippen molar-refractivity contribution in [3.8, 4) is 11.8 Å². The van der Waals surface area contributed by atoms with E-state index in [1.807, 2.05) is 26.0 Å². The highest BCUT2D eigenvalue weighted by molar-refractivity contribution is 6.30. The molecule has 0 saturated carbocycles. The second kappa shape index (κ2) is 6.68. The number of aromatic nitrogens is 2. The van der Waals surface area contributed by atoms with Crippen LogP contribution in [0.2, 0.25) is 5.02 Å². The molecule has 0 atom stereocenters. The number of nitrogens with zero attached hydrogens (tertiary/aromatic N) is 2. The smallest absolute Gasteiger partial charge is 0.322 e. The van der Waals surface area contributed by atoms with Gasteiger partial charge in [-0.2, -0.15) is 4.98 Å². The van der Waals surface area contributed by atoms with Gasteiger partial charge in [0.2, 0.25) is 0 Å². The first kappa shape index (κ1) is 14.8. The Morgan fingerprint density at radius 1 is 1.30 bits per heavy atom. The van der Waals surface area contributed by atoms with Crippen LogP contribution in [-0.4, -0.2) is 16.5 Å². The van der Waals surface area contributed by atoms with Gasteiger partial charge >= 0.3 is 6.01 Å². The Hall–Kier alpha value is -1.65. The van der Waals surface area contributed by atoms with Crippen molar-refractivity contribution < 1.29 is 4.74 Å². The van der Waals surface area contributed by atoms with E-state index in [1.165, 1.54) is 0 Å². The van der Waals surface area contributed by atoms with Crippen LogP contribution in [0.5, 0.6) is 11.8 Å². The Balaban J connectivity index is 2.15. The fraction of sp³-hybridized carbons (Fsp3) is 0.333. The molecule has 1 aromatic heterocycles. The van der Waals surface area contributed by atoms with Gasteiger partial charge in [-0.25, -0.2) is 4.98 Å². The summed E-state index contributed by atoms with van der Waals surface area (Å²) in [6, 6.07) is 5.82. The van der Waals surface area contributed by atoms with Crippen molar-refractivity contribution in [3.05, 3.63) is 46.2 Å². The van der Waals surface area contributed by atoms with Gasteiger partial charge in [-0.05, 0) is 44.2 Å². The van der Waals surface area contributed by atoms with Gasteiger partial charge < -0.3 is 10.1 Å². The van der Waals surface area contributed by atoms with E-state index in [1.54, 1.807) is 12.3 Å². The lowest BCUT2D eigenvalue weighted by Crippen LogP contribution is -2.13. The number of ether oxygens (including phenoxy) is 1. The molecule has 20 heavy (non-hydrogen) atoms. The molecule has 0 saturated heterocycles. The lowest BCUT2D eigenvalue weighted by atomic mass is 10.2. The van der Waals surface area contributed by atoms with Crippen molar-refractivity contribution >= 4 is 11.6 Å². The molecule has 0 aliphatic carbocycles. The van der Waals surface area contributed by atoms with Gasteiger partial charge in [0.1, 0.15) is 5.75 Å². The monoisotopic (exact) mass is 291 g/mol. The van der Waals surface area contributed by atoms with Gasteiger partial charge in [0.05, 0.1) is 0 Å². The van der Waals surface area contributed by atoms with Crippen LogP contribution < -0.4 is 10.1 Å². The lowest BCUT2D eigenvalue weighted by molar-refractivity contribution is 0.436. The average Bonchev–Trinajstić information content (AvgIpc) is 2.41. The highest BCUT2D eigenvalue weighted by atomic mass is 35.5. The van der Waals surface area contributed by atoms with E-state index in [-0.39, 0.29) is 0 Å². The largest absolute Gasteiger partial charge is 0.424 e. The molecule has 0 aliphatic rings. The summed E-state index contributed by atoms with van der Waals surface area (Å²) in [5.74, 6) is 0.716. The fourth-order valence-corrected chi connectivity index (χ4v) is 2.01. The molecule has 1 N–H and O–H groups in total. The predicted molar refractivity (Wildman–Crippen MR) is 80.4 cm³/mol. The Morgan fingerprint density at radius 2 is 2.10 bits per heavy atom. The van der Waals surface area contributed by atoms with Gasteiger partial charge in [0.25, 0.3) is 0 Å². The van der Waals surface area contributed by atoms with Gasteiger partial charge in [0, 0.05) is 29.0 Å². The van der Waals surface area contributed by atoms with Crippen molar-refractivity contribution in [1.82, 2.24) is 15.3 Å². The van der Waals surface area contributed by atoms with Crippen molar-refractivity contribution in [1.29, 1.82) is 0 Å². The van der Waals surface area contributed by atoms with Crippen LogP contribution in [0.1, 0.15) is 23.7 Å². The van der Waals surface area contributed by atoms with E-state index in [2.05, 4.69) is 22.2 Å². The molecule has 0 bridgehead atoms. The van der Waals surface area contributed by atoms with E-state index >= 15 is 0 Å². The third kappa shape index (κ3) is 3.68. The Morgan fingerprint density at radius 3 is 2.75 bits per heavy atom. The van der Waals surface area contributed by atoms with Crippen LogP contribution in [0, 0.1) is 13.8 Å². The minimum absolute atomic E-state index is 0.355. The van der Waals surface area contributed by atoms with Crippen molar-refractivity contribution in [2.24, 2.45) is 0 Å². The van der Waals surface area contributed by atoms with Crippen molar-refractivity contribution in [2.45, 2.75) is 27.3 Å². The van der Waals surface area contributed by atoms with E-state index in [0.717, 1.165) is 29.9 Å². The number of benzene rings is 1. The van der Waals surface area contributed by atoms with Gasteiger partial charge in [0.15, 0.2) is 0 Å². The topological polar surface area (TPSA) is 47.0 Å². The zero-order chi connectivity index (χ0) is 14.5. The molecule has 0 unspecified atom stereocenters. The second-order valence-corrected chi connectivity index (χ2v) is 4.99. The van der Waals surface area contributed by atoms with Crippen molar-refractivity contribution in [2.75, 3.05) is 6.54 Å². The average molecular weight is 292 g/mol. The molecule has 4 nitrogen and oxygen atoms in total. The number of rotatable bonds is 5. The third-order valence-corrected chi connectivity index (χ3v) is 3.20. The van der Waals surface area contributed by atoms with E-state index in [4.69, 9.17) is 16.3 Å². The Kier molecular flexibility index (Phi) is 4.93. The zero-order valence-corrected chi connectivity index (χ0v) is 12.7.